The Morgan fingerprint density at radius 2 is 1.77 bits per heavy atom. The van der Waals surface area contributed by atoms with Crippen LogP contribution >= 0.6 is 0 Å². The lowest BCUT2D eigenvalue weighted by atomic mass is 10.2. The average Bonchev–Trinajstić information content (AvgIpc) is 3.26. The largest absolute Gasteiger partial charge is 0.368 e. The number of likely N-dealkylation sites (tertiary alicyclic amines) is 1. The summed E-state index contributed by atoms with van der Waals surface area (Å²) in [5, 5.41) is 6.63. The van der Waals surface area contributed by atoms with E-state index >= 15 is 0 Å². The first-order valence-corrected chi connectivity index (χ1v) is 11.3. The van der Waals surface area contributed by atoms with Crippen molar-refractivity contribution in [3.8, 4) is 0 Å². The van der Waals surface area contributed by atoms with Crippen LogP contribution in [0.1, 0.15) is 26.7 Å². The molecule has 2 aliphatic heterocycles. The minimum atomic E-state index is 0.0248. The van der Waals surface area contributed by atoms with Gasteiger partial charge in [-0.25, -0.2) is 0 Å². The summed E-state index contributed by atoms with van der Waals surface area (Å²) in [5.74, 6) is 1.08. The van der Waals surface area contributed by atoms with Crippen LogP contribution in [-0.2, 0) is 9.59 Å². The van der Waals surface area contributed by atoms with Gasteiger partial charge in [-0.2, -0.15) is 0 Å². The van der Waals surface area contributed by atoms with E-state index in [9.17, 15) is 9.59 Å². The number of aliphatic imine (C=N–C) groups is 1. The number of amides is 2. The molecule has 1 atom stereocenters. The summed E-state index contributed by atoms with van der Waals surface area (Å²) in [6.07, 6.45) is 1.35. The Kier molecular flexibility index (Phi) is 8.14. The van der Waals surface area contributed by atoms with Crippen molar-refractivity contribution in [2.24, 2.45) is 10.9 Å². The molecule has 0 saturated carbocycles. The summed E-state index contributed by atoms with van der Waals surface area (Å²) >= 11 is 0. The molecule has 2 N–H and O–H groups in total. The van der Waals surface area contributed by atoms with E-state index < -0.39 is 0 Å². The van der Waals surface area contributed by atoms with E-state index in [4.69, 9.17) is 0 Å². The maximum Gasteiger partial charge on any atom is 0.225 e. The minimum absolute atomic E-state index is 0.0248. The van der Waals surface area contributed by atoms with Crippen molar-refractivity contribution in [3.05, 3.63) is 30.3 Å². The number of guanidine groups is 1. The number of nitrogens with one attached hydrogen (secondary N) is 2. The number of benzene rings is 1. The first kappa shape index (κ1) is 22.9. The van der Waals surface area contributed by atoms with Gasteiger partial charge in [0.25, 0.3) is 0 Å². The number of nitrogens with zero attached hydrogens (tertiary/aromatic N) is 4. The molecule has 8 heteroatoms. The first-order chi connectivity index (χ1) is 15.0. The second-order valence-electron chi connectivity index (χ2n) is 8.52. The number of carbonyl (C=O) groups excluding carboxylic acids is 2. The quantitative estimate of drug-likeness (QED) is 0.525. The summed E-state index contributed by atoms with van der Waals surface area (Å²) in [4.78, 5) is 35.2. The van der Waals surface area contributed by atoms with Crippen LogP contribution < -0.4 is 15.5 Å². The Balaban J connectivity index is 1.35. The van der Waals surface area contributed by atoms with Crippen LogP contribution in [-0.4, -0.2) is 86.5 Å². The van der Waals surface area contributed by atoms with Gasteiger partial charge < -0.3 is 25.3 Å². The molecule has 3 rings (SSSR count). The molecule has 1 unspecified atom stereocenters. The van der Waals surface area contributed by atoms with Gasteiger partial charge in [0.15, 0.2) is 5.96 Å². The second kappa shape index (κ2) is 11.0. The molecule has 2 fully saturated rings. The molecule has 0 aromatic heterocycles. The Bertz CT molecular complexity index is 759. The maximum absolute atomic E-state index is 12.6. The Morgan fingerprint density at radius 3 is 2.42 bits per heavy atom. The highest BCUT2D eigenvalue weighted by atomic mass is 16.2. The van der Waals surface area contributed by atoms with Crippen LogP contribution in [0.3, 0.4) is 0 Å². The van der Waals surface area contributed by atoms with Crippen LogP contribution in [0.5, 0.6) is 0 Å². The highest BCUT2D eigenvalue weighted by molar-refractivity contribution is 5.82. The molecule has 0 aliphatic carbocycles. The minimum Gasteiger partial charge on any atom is -0.368 e. The number of hydrogen-bond acceptors (Lipinski definition) is 4. The molecule has 2 amide bonds. The van der Waals surface area contributed by atoms with Crippen LogP contribution in [0.4, 0.5) is 5.69 Å². The van der Waals surface area contributed by atoms with E-state index in [-0.39, 0.29) is 23.8 Å². The molecule has 0 radical (unpaired) electrons. The van der Waals surface area contributed by atoms with Gasteiger partial charge in [0.05, 0.1) is 0 Å². The topological polar surface area (TPSA) is 80.3 Å². The standard InChI is InChI=1S/C23H36N6O2/c1-18(2)22(31)29-12-10-19(17-29)26-23(24-3)25-11-9-21(30)28-15-13-27(14-16-28)20-7-5-4-6-8-20/h4-8,18-19H,9-17H2,1-3H3,(H2,24,25,26). The van der Waals surface area contributed by atoms with Crippen molar-refractivity contribution >= 4 is 23.5 Å². The van der Waals surface area contributed by atoms with Gasteiger partial charge in [-0.1, -0.05) is 32.0 Å². The molecular formula is C23H36N6O2. The molecule has 31 heavy (non-hydrogen) atoms. The molecule has 170 valence electrons. The van der Waals surface area contributed by atoms with E-state index in [1.54, 1.807) is 7.05 Å². The number of para-hydroxylation sites is 1. The van der Waals surface area contributed by atoms with Gasteiger partial charge in [-0.3, -0.25) is 14.6 Å². The monoisotopic (exact) mass is 428 g/mol. The number of anilines is 1. The van der Waals surface area contributed by atoms with Crippen LogP contribution in [0.2, 0.25) is 0 Å². The summed E-state index contributed by atoms with van der Waals surface area (Å²) in [5.41, 5.74) is 1.21. The van der Waals surface area contributed by atoms with Gasteiger partial charge in [0, 0.05) is 76.9 Å². The molecule has 0 bridgehead atoms. The van der Waals surface area contributed by atoms with Crippen molar-refractivity contribution in [1.82, 2.24) is 20.4 Å². The van der Waals surface area contributed by atoms with Crippen molar-refractivity contribution in [1.29, 1.82) is 0 Å². The summed E-state index contributed by atoms with van der Waals surface area (Å²) in [7, 11) is 1.73. The van der Waals surface area contributed by atoms with Gasteiger partial charge in [0.2, 0.25) is 11.8 Å². The Hall–Kier alpha value is -2.77. The van der Waals surface area contributed by atoms with E-state index in [1.807, 2.05) is 41.8 Å². The molecule has 1 aromatic carbocycles. The van der Waals surface area contributed by atoms with Gasteiger partial charge >= 0.3 is 0 Å². The third kappa shape index (κ3) is 6.35. The van der Waals surface area contributed by atoms with Crippen molar-refractivity contribution in [2.75, 3.05) is 57.8 Å². The average molecular weight is 429 g/mol. The zero-order valence-electron chi connectivity index (χ0n) is 19.0. The van der Waals surface area contributed by atoms with E-state index in [2.05, 4.69) is 32.7 Å². The highest BCUT2D eigenvalue weighted by Gasteiger charge is 2.28. The van der Waals surface area contributed by atoms with Crippen LogP contribution in [0.25, 0.3) is 0 Å². The molecule has 2 aliphatic rings. The van der Waals surface area contributed by atoms with Gasteiger partial charge in [-0.05, 0) is 18.6 Å². The van der Waals surface area contributed by atoms with Crippen molar-refractivity contribution < 1.29 is 9.59 Å². The summed E-state index contributed by atoms with van der Waals surface area (Å²) < 4.78 is 0. The van der Waals surface area contributed by atoms with Crippen LogP contribution in [0.15, 0.2) is 35.3 Å². The highest BCUT2D eigenvalue weighted by Crippen LogP contribution is 2.16. The summed E-state index contributed by atoms with van der Waals surface area (Å²) in [6.45, 7) is 9.11. The fourth-order valence-electron chi connectivity index (χ4n) is 4.13. The van der Waals surface area contributed by atoms with E-state index in [0.29, 0.717) is 25.5 Å². The predicted molar refractivity (Wildman–Crippen MR) is 124 cm³/mol. The predicted octanol–water partition coefficient (Wildman–Crippen LogP) is 1.15. The molecule has 2 heterocycles. The molecule has 8 nitrogen and oxygen atoms in total. The number of hydrogen-bond donors (Lipinski definition) is 2. The molecule has 1 aromatic rings. The van der Waals surface area contributed by atoms with Crippen molar-refractivity contribution in [3.63, 3.8) is 0 Å². The van der Waals surface area contributed by atoms with E-state index in [0.717, 1.165) is 39.1 Å². The third-order valence-electron chi connectivity index (χ3n) is 5.94. The van der Waals surface area contributed by atoms with Gasteiger partial charge in [-0.15, -0.1) is 0 Å². The fourth-order valence-corrected chi connectivity index (χ4v) is 4.13. The lowest BCUT2D eigenvalue weighted by Gasteiger charge is -2.36. The lowest BCUT2D eigenvalue weighted by Crippen LogP contribution is -2.50. The smallest absolute Gasteiger partial charge is 0.225 e. The summed E-state index contributed by atoms with van der Waals surface area (Å²) in [6, 6.07) is 10.5. The molecular weight excluding hydrogens is 392 g/mol. The molecule has 0 spiro atoms. The number of carbonyl (C=O) groups is 2. The Morgan fingerprint density at radius 1 is 1.06 bits per heavy atom. The fraction of sp³-hybridized carbons (Fsp3) is 0.609. The van der Waals surface area contributed by atoms with E-state index in [1.165, 1.54) is 5.69 Å². The SMILES string of the molecule is CN=C(NCCC(=O)N1CCN(c2ccccc2)CC1)NC1CCN(C(=O)C(C)C)C1. The Labute approximate surface area is 185 Å². The van der Waals surface area contributed by atoms with Gasteiger partial charge in [0.1, 0.15) is 0 Å². The number of piperazine rings is 1. The second-order valence-corrected chi connectivity index (χ2v) is 8.52. The maximum atomic E-state index is 12.6. The zero-order chi connectivity index (χ0) is 22.2. The van der Waals surface area contributed by atoms with Crippen molar-refractivity contribution in [2.45, 2.75) is 32.7 Å². The van der Waals surface area contributed by atoms with Crippen LogP contribution in [0, 0.1) is 5.92 Å². The molecule has 2 saturated heterocycles. The normalized spacial score (nSPS) is 19.7. The zero-order valence-corrected chi connectivity index (χ0v) is 19.0. The third-order valence-corrected chi connectivity index (χ3v) is 5.94. The number of rotatable bonds is 6. The lowest BCUT2D eigenvalue weighted by molar-refractivity contribution is -0.133. The first-order valence-electron chi connectivity index (χ1n) is 11.3.